The number of rotatable bonds is 14. The molecule has 0 aliphatic carbocycles. The predicted molar refractivity (Wildman–Crippen MR) is 190 cm³/mol. The van der Waals surface area contributed by atoms with E-state index >= 15 is 0 Å². The molecule has 0 spiro atoms. The summed E-state index contributed by atoms with van der Waals surface area (Å²) in [5.74, 6) is -3.23. The standard InChI is InChI=1S/C32H35Cl2N5O5S.C2HF3O2/c1-20-8-11-22-6-4-7-26(29(22)38-20)44-19-24-25(33)14-15-27(28(24)34)45(42,43)39-32(2,3)31(41)37-17-5-16-36-18-21-9-12-23(13-10-21)30(35)40;3-2(4,5)1(6)7/h4,6-15,36,39H,5,16-19H2,1-3H3,(H2,35,40)(H,37,41);(H,6,7). The molecule has 4 aromatic rings. The van der Waals surface area contributed by atoms with Gasteiger partial charge in [0.25, 0.3) is 0 Å². The summed E-state index contributed by atoms with van der Waals surface area (Å²) in [7, 11) is -4.25. The molecule has 0 radical (unpaired) electrons. The molecule has 0 saturated heterocycles. The summed E-state index contributed by atoms with van der Waals surface area (Å²) >= 11 is 13.0. The Balaban J connectivity index is 0.000000944. The number of sulfonamides is 1. The number of nitrogens with zero attached hydrogens (tertiary/aromatic N) is 1. The monoisotopic (exact) mass is 785 g/mol. The normalized spacial score (nSPS) is 11.8. The summed E-state index contributed by atoms with van der Waals surface area (Å²) in [6.45, 7) is 6.21. The van der Waals surface area contributed by atoms with Crippen LogP contribution in [0.5, 0.6) is 5.75 Å². The summed E-state index contributed by atoms with van der Waals surface area (Å²) < 4.78 is 67.1. The maximum Gasteiger partial charge on any atom is 0.490 e. The minimum Gasteiger partial charge on any atom is -0.487 e. The van der Waals surface area contributed by atoms with Gasteiger partial charge < -0.3 is 26.2 Å². The molecule has 0 atom stereocenters. The number of pyridine rings is 1. The molecule has 4 rings (SSSR count). The second kappa shape index (κ2) is 17.8. The number of hydrogen-bond donors (Lipinski definition) is 5. The first-order valence-corrected chi connectivity index (χ1v) is 17.6. The van der Waals surface area contributed by atoms with Gasteiger partial charge >= 0.3 is 12.1 Å². The van der Waals surface area contributed by atoms with Gasteiger partial charge in [0.1, 0.15) is 28.3 Å². The second-order valence-corrected chi connectivity index (χ2v) is 14.2. The van der Waals surface area contributed by atoms with Crippen LogP contribution in [-0.2, 0) is 32.8 Å². The Morgan fingerprint density at radius 2 is 1.62 bits per heavy atom. The van der Waals surface area contributed by atoms with E-state index in [0.29, 0.717) is 42.9 Å². The highest BCUT2D eigenvalue weighted by molar-refractivity contribution is 7.89. The lowest BCUT2D eigenvalue weighted by Crippen LogP contribution is -2.54. The van der Waals surface area contributed by atoms with E-state index in [1.54, 1.807) is 18.2 Å². The Bertz CT molecular complexity index is 2030. The lowest BCUT2D eigenvalue weighted by molar-refractivity contribution is -0.192. The highest BCUT2D eigenvalue weighted by atomic mass is 35.5. The molecule has 2 amide bonds. The van der Waals surface area contributed by atoms with E-state index in [9.17, 15) is 31.2 Å². The van der Waals surface area contributed by atoms with Gasteiger partial charge in [-0.15, -0.1) is 0 Å². The van der Waals surface area contributed by atoms with Gasteiger partial charge in [-0.25, -0.2) is 18.2 Å². The molecule has 3 aromatic carbocycles. The van der Waals surface area contributed by atoms with Crippen LogP contribution in [0.4, 0.5) is 13.2 Å². The number of nitrogens with two attached hydrogens (primary N) is 1. The minimum absolute atomic E-state index is 0.105. The molecular formula is C34H36Cl2F3N5O7S. The number of halogens is 5. The van der Waals surface area contributed by atoms with Gasteiger partial charge in [0.15, 0.2) is 0 Å². The molecule has 0 bridgehead atoms. The van der Waals surface area contributed by atoms with E-state index in [0.717, 1.165) is 16.6 Å². The zero-order chi connectivity index (χ0) is 38.9. The van der Waals surface area contributed by atoms with Crippen LogP contribution in [0.15, 0.2) is 71.6 Å². The molecule has 6 N–H and O–H groups in total. The molecule has 0 saturated carbocycles. The Hall–Kier alpha value is -4.48. The third-order valence-corrected chi connectivity index (χ3v) is 9.81. The number of carboxylic acid groups (broad SMARTS) is 1. The molecule has 12 nitrogen and oxygen atoms in total. The number of amides is 2. The van der Waals surface area contributed by atoms with E-state index in [2.05, 4.69) is 20.3 Å². The predicted octanol–water partition coefficient (Wildman–Crippen LogP) is 5.51. The zero-order valence-corrected chi connectivity index (χ0v) is 30.4. The Kier molecular flexibility index (Phi) is 14.4. The van der Waals surface area contributed by atoms with Gasteiger partial charge in [-0.1, -0.05) is 53.5 Å². The number of hydrogen-bond acceptors (Lipinski definition) is 8. The van der Waals surface area contributed by atoms with Gasteiger partial charge in [-0.2, -0.15) is 17.9 Å². The van der Waals surface area contributed by atoms with Crippen molar-refractivity contribution in [2.24, 2.45) is 5.73 Å². The average molecular weight is 787 g/mol. The van der Waals surface area contributed by atoms with Crippen LogP contribution in [0.25, 0.3) is 10.9 Å². The molecule has 0 unspecified atom stereocenters. The number of aliphatic carboxylic acids is 1. The number of para-hydroxylation sites is 1. The number of fused-ring (bicyclic) bond motifs is 1. The summed E-state index contributed by atoms with van der Waals surface area (Å²) in [6, 6.07) is 19.0. The van der Waals surface area contributed by atoms with Crippen molar-refractivity contribution < 1.29 is 45.8 Å². The Labute approximate surface area is 307 Å². The molecule has 52 heavy (non-hydrogen) atoms. The van der Waals surface area contributed by atoms with Crippen LogP contribution in [-0.4, -0.2) is 61.1 Å². The van der Waals surface area contributed by atoms with E-state index in [-0.39, 0.29) is 27.1 Å². The lowest BCUT2D eigenvalue weighted by atomic mass is 10.1. The number of carboxylic acids is 1. The van der Waals surface area contributed by atoms with Crippen LogP contribution >= 0.6 is 23.2 Å². The van der Waals surface area contributed by atoms with Crippen molar-refractivity contribution in [3.8, 4) is 5.75 Å². The maximum absolute atomic E-state index is 13.4. The van der Waals surface area contributed by atoms with Crippen molar-refractivity contribution in [3.05, 3.63) is 99.2 Å². The molecule has 1 aromatic heterocycles. The number of nitrogens with one attached hydrogen (secondary N) is 3. The quantitative estimate of drug-likeness (QED) is 0.103. The molecule has 1 heterocycles. The molecule has 0 fully saturated rings. The number of carbonyl (C=O) groups is 3. The molecular weight excluding hydrogens is 750 g/mol. The number of aryl methyl sites for hydroxylation is 1. The third-order valence-electron chi connectivity index (χ3n) is 7.22. The van der Waals surface area contributed by atoms with Crippen molar-refractivity contribution in [3.63, 3.8) is 0 Å². The van der Waals surface area contributed by atoms with Crippen molar-refractivity contribution >= 4 is 61.9 Å². The fourth-order valence-corrected chi connectivity index (χ4v) is 6.76. The minimum atomic E-state index is -5.08. The number of ether oxygens (including phenoxy) is 1. The smallest absolute Gasteiger partial charge is 0.487 e. The number of aromatic nitrogens is 1. The van der Waals surface area contributed by atoms with Gasteiger partial charge in [0, 0.05) is 40.3 Å². The van der Waals surface area contributed by atoms with E-state index in [1.165, 1.54) is 26.0 Å². The summed E-state index contributed by atoms with van der Waals surface area (Å²) in [5.41, 5.74) is 6.96. The number of benzene rings is 3. The van der Waals surface area contributed by atoms with Crippen LogP contribution in [0.3, 0.4) is 0 Å². The van der Waals surface area contributed by atoms with E-state index in [4.69, 9.17) is 43.6 Å². The van der Waals surface area contributed by atoms with Crippen molar-refractivity contribution in [1.29, 1.82) is 0 Å². The first-order chi connectivity index (χ1) is 24.2. The molecule has 0 aliphatic heterocycles. The third kappa shape index (κ3) is 11.8. The number of primary amides is 1. The van der Waals surface area contributed by atoms with Gasteiger partial charge in [-0.05, 0) is 75.7 Å². The van der Waals surface area contributed by atoms with Crippen LogP contribution in [0.1, 0.15) is 47.4 Å². The first kappa shape index (κ1) is 41.9. The largest absolute Gasteiger partial charge is 0.490 e. The molecule has 0 aliphatic rings. The topological polar surface area (TPSA) is 190 Å². The maximum atomic E-state index is 13.4. The highest BCUT2D eigenvalue weighted by Gasteiger charge is 2.38. The fourth-order valence-electron chi connectivity index (χ4n) is 4.49. The van der Waals surface area contributed by atoms with Crippen molar-refractivity contribution in [2.45, 2.75) is 57.0 Å². The zero-order valence-electron chi connectivity index (χ0n) is 28.1. The lowest BCUT2D eigenvalue weighted by Gasteiger charge is -2.25. The van der Waals surface area contributed by atoms with Crippen molar-refractivity contribution in [2.75, 3.05) is 13.1 Å². The van der Waals surface area contributed by atoms with Gasteiger partial charge in [-0.3, -0.25) is 9.59 Å². The van der Waals surface area contributed by atoms with Crippen LogP contribution < -0.4 is 25.8 Å². The Morgan fingerprint density at radius 1 is 0.962 bits per heavy atom. The van der Waals surface area contributed by atoms with Crippen LogP contribution in [0.2, 0.25) is 10.0 Å². The summed E-state index contributed by atoms with van der Waals surface area (Å²) in [6.07, 6.45) is -4.48. The van der Waals surface area contributed by atoms with Crippen molar-refractivity contribution in [1.82, 2.24) is 20.3 Å². The molecule has 280 valence electrons. The fraction of sp³-hybridized carbons (Fsp3) is 0.294. The van der Waals surface area contributed by atoms with Gasteiger partial charge in [0.05, 0.1) is 5.02 Å². The van der Waals surface area contributed by atoms with E-state index < -0.39 is 39.5 Å². The van der Waals surface area contributed by atoms with Gasteiger partial charge in [0.2, 0.25) is 21.8 Å². The first-order valence-electron chi connectivity index (χ1n) is 15.4. The molecule has 18 heteroatoms. The summed E-state index contributed by atoms with van der Waals surface area (Å²) in [4.78, 5) is 37.3. The second-order valence-electron chi connectivity index (χ2n) is 11.8. The van der Waals surface area contributed by atoms with E-state index in [1.807, 2.05) is 43.3 Å². The number of carbonyl (C=O) groups excluding carboxylic acids is 2. The summed E-state index contributed by atoms with van der Waals surface area (Å²) in [5, 5.41) is 14.2. The SMILES string of the molecule is Cc1ccc2cccc(OCc3c(Cl)ccc(S(=O)(=O)NC(C)(C)C(=O)NCCCNCc4ccc(C(N)=O)cc4)c3Cl)c2n1.O=C(O)C(F)(F)F. The van der Waals surface area contributed by atoms with Crippen LogP contribution in [0, 0.1) is 6.92 Å². The average Bonchev–Trinajstić information content (AvgIpc) is 3.05. The number of alkyl halides is 3. The Morgan fingerprint density at radius 3 is 2.23 bits per heavy atom. The highest BCUT2D eigenvalue weighted by Crippen LogP contribution is 2.33.